The molecule has 0 fully saturated rings. The van der Waals surface area contributed by atoms with Crippen molar-refractivity contribution >= 4 is 24.8 Å². The van der Waals surface area contributed by atoms with Gasteiger partial charge >= 0.3 is 0 Å². The van der Waals surface area contributed by atoms with E-state index in [9.17, 15) is 14.9 Å². The van der Waals surface area contributed by atoms with Crippen LogP contribution in [0.25, 0.3) is 0 Å². The van der Waals surface area contributed by atoms with E-state index in [1.54, 1.807) is 0 Å². The number of Topliss-reactive ketones (excluding diaryl/α,β-unsaturated/α-hetero) is 1. The van der Waals surface area contributed by atoms with Crippen LogP contribution in [0.1, 0.15) is 28.8 Å². The van der Waals surface area contributed by atoms with E-state index in [2.05, 4.69) is 0 Å². The van der Waals surface area contributed by atoms with Crippen LogP contribution in [0.5, 0.6) is 0 Å². The second-order valence-electron chi connectivity index (χ2n) is 3.56. The van der Waals surface area contributed by atoms with Gasteiger partial charge in [0.05, 0.1) is 10.5 Å². The molecule has 0 atom stereocenters. The van der Waals surface area contributed by atoms with Gasteiger partial charge in [-0.1, -0.05) is 11.5 Å². The van der Waals surface area contributed by atoms with Crippen LogP contribution in [-0.4, -0.2) is 18.6 Å². The fraction of sp³-hybridized carbons (Fsp3) is 0.300. The van der Waals surface area contributed by atoms with E-state index in [1.165, 1.54) is 12.1 Å². The summed E-state index contributed by atoms with van der Waals surface area (Å²) in [5, 5.41) is 10.7. The number of carbonyl (C=O) groups is 1. The second-order valence-corrected chi connectivity index (χ2v) is 3.56. The quantitative estimate of drug-likeness (QED) is 0.385. The first-order valence-corrected chi connectivity index (χ1v) is 4.70. The highest BCUT2D eigenvalue weighted by Gasteiger charge is 2.27. The summed E-state index contributed by atoms with van der Waals surface area (Å²) < 4.78 is 0. The zero-order chi connectivity index (χ0) is 11.0. The van der Waals surface area contributed by atoms with Crippen molar-refractivity contribution in [3.05, 3.63) is 33.4 Å². The maximum Gasteiger partial charge on any atom is 0.280 e. The number of fused-ring (bicyclic) bond motifs is 1. The lowest BCUT2D eigenvalue weighted by Crippen LogP contribution is -2.22. The number of nitro benzene ring substituents is 1. The molecule has 0 spiro atoms. The molecule has 0 unspecified atom stereocenters. The zero-order valence-corrected chi connectivity index (χ0v) is 8.03. The smallest absolute Gasteiger partial charge is 0.280 e. The predicted molar refractivity (Wildman–Crippen MR) is 55.8 cm³/mol. The van der Waals surface area contributed by atoms with Gasteiger partial charge in [0.2, 0.25) is 0 Å². The molecule has 0 amide bonds. The average Bonchev–Trinajstić information content (AvgIpc) is 2.19. The molecular formula is C10H8BNO3. The van der Waals surface area contributed by atoms with Crippen LogP contribution < -0.4 is 5.46 Å². The summed E-state index contributed by atoms with van der Waals surface area (Å²) in [6.45, 7) is 0. The number of nitrogens with zero attached hydrogens (tertiary/aromatic N) is 1. The highest BCUT2D eigenvalue weighted by atomic mass is 16.6. The molecule has 0 aliphatic heterocycles. The molecule has 74 valence electrons. The van der Waals surface area contributed by atoms with Gasteiger partial charge in [-0.15, -0.1) is 0 Å². The van der Waals surface area contributed by atoms with Crippen LogP contribution in [0.2, 0.25) is 0 Å². The molecule has 0 N–H and O–H groups in total. The SMILES string of the molecule is [B]c1ccc([N+](=O)[O-])c2c1CCCC2=O. The van der Waals surface area contributed by atoms with E-state index in [1.807, 2.05) is 0 Å². The van der Waals surface area contributed by atoms with E-state index in [-0.39, 0.29) is 17.0 Å². The minimum Gasteiger partial charge on any atom is -0.294 e. The zero-order valence-electron chi connectivity index (χ0n) is 8.03. The number of hydrogen-bond acceptors (Lipinski definition) is 3. The summed E-state index contributed by atoms with van der Waals surface area (Å²) >= 11 is 0. The summed E-state index contributed by atoms with van der Waals surface area (Å²) in [7, 11) is 5.70. The molecular weight excluding hydrogens is 193 g/mol. The van der Waals surface area contributed by atoms with Gasteiger partial charge in [-0.2, -0.15) is 0 Å². The van der Waals surface area contributed by atoms with Gasteiger partial charge in [-0.05, 0) is 18.4 Å². The van der Waals surface area contributed by atoms with Crippen molar-refractivity contribution in [2.24, 2.45) is 0 Å². The first-order valence-electron chi connectivity index (χ1n) is 4.70. The number of hydrogen-bond donors (Lipinski definition) is 0. The topological polar surface area (TPSA) is 60.2 Å². The molecule has 15 heavy (non-hydrogen) atoms. The van der Waals surface area contributed by atoms with Crippen LogP contribution >= 0.6 is 0 Å². The van der Waals surface area contributed by atoms with Crippen LogP contribution in [-0.2, 0) is 6.42 Å². The van der Waals surface area contributed by atoms with Gasteiger partial charge in [0.25, 0.3) is 5.69 Å². The van der Waals surface area contributed by atoms with Gasteiger partial charge in [-0.3, -0.25) is 14.9 Å². The summed E-state index contributed by atoms with van der Waals surface area (Å²) in [6.07, 6.45) is 1.74. The Morgan fingerprint density at radius 1 is 1.33 bits per heavy atom. The Hall–Kier alpha value is -1.65. The van der Waals surface area contributed by atoms with Gasteiger partial charge in [0.1, 0.15) is 7.85 Å². The van der Waals surface area contributed by atoms with E-state index in [0.717, 1.165) is 6.42 Å². The van der Waals surface area contributed by atoms with Crippen molar-refractivity contribution in [1.29, 1.82) is 0 Å². The number of carbonyl (C=O) groups excluding carboxylic acids is 1. The fourth-order valence-electron chi connectivity index (χ4n) is 1.93. The van der Waals surface area contributed by atoms with E-state index in [4.69, 9.17) is 7.85 Å². The van der Waals surface area contributed by atoms with Crippen molar-refractivity contribution in [1.82, 2.24) is 0 Å². The third-order valence-electron chi connectivity index (χ3n) is 2.63. The van der Waals surface area contributed by atoms with Gasteiger partial charge in [0, 0.05) is 12.5 Å². The lowest BCUT2D eigenvalue weighted by molar-refractivity contribution is -0.385. The Kier molecular flexibility index (Phi) is 2.30. The maximum absolute atomic E-state index is 11.6. The normalized spacial score (nSPS) is 14.8. The average molecular weight is 201 g/mol. The lowest BCUT2D eigenvalue weighted by Gasteiger charge is -2.16. The summed E-state index contributed by atoms with van der Waals surface area (Å²) in [5.74, 6) is -0.171. The Morgan fingerprint density at radius 3 is 2.73 bits per heavy atom. The fourth-order valence-corrected chi connectivity index (χ4v) is 1.93. The monoisotopic (exact) mass is 201 g/mol. The van der Waals surface area contributed by atoms with Gasteiger partial charge < -0.3 is 0 Å². The van der Waals surface area contributed by atoms with Crippen LogP contribution in [0.4, 0.5) is 5.69 Å². The van der Waals surface area contributed by atoms with Gasteiger partial charge in [-0.25, -0.2) is 0 Å². The van der Waals surface area contributed by atoms with Crippen molar-refractivity contribution in [3.63, 3.8) is 0 Å². The number of benzene rings is 1. The predicted octanol–water partition coefficient (Wildman–Crippen LogP) is 0.908. The Labute approximate surface area is 87.9 Å². The molecule has 2 radical (unpaired) electrons. The van der Waals surface area contributed by atoms with Crippen molar-refractivity contribution in [2.75, 3.05) is 0 Å². The second kappa shape index (κ2) is 3.49. The standard InChI is InChI=1S/C10H8BNO3/c11-7-4-5-8(12(14)15)10-6(7)2-1-3-9(10)13/h4-5H,1-3H2. The van der Waals surface area contributed by atoms with Crippen LogP contribution in [0.3, 0.4) is 0 Å². The third-order valence-corrected chi connectivity index (χ3v) is 2.63. The Bertz CT molecular complexity index is 456. The molecule has 0 bridgehead atoms. The first-order chi connectivity index (χ1) is 7.11. The number of rotatable bonds is 1. The first kappa shape index (κ1) is 9.89. The molecule has 0 saturated carbocycles. The minimum absolute atomic E-state index is 0.121. The maximum atomic E-state index is 11.6. The Balaban J connectivity index is 2.70. The van der Waals surface area contributed by atoms with Crippen LogP contribution in [0.15, 0.2) is 12.1 Å². The lowest BCUT2D eigenvalue weighted by atomic mass is 9.80. The molecule has 5 heteroatoms. The summed E-state index contributed by atoms with van der Waals surface area (Å²) in [5.41, 5.74) is 1.21. The number of ketones is 1. The summed E-state index contributed by atoms with van der Waals surface area (Å²) in [4.78, 5) is 21.8. The van der Waals surface area contributed by atoms with Crippen molar-refractivity contribution < 1.29 is 9.72 Å². The van der Waals surface area contributed by atoms with E-state index < -0.39 is 4.92 Å². The number of nitro groups is 1. The molecule has 1 aliphatic rings. The van der Waals surface area contributed by atoms with E-state index >= 15 is 0 Å². The van der Waals surface area contributed by atoms with E-state index in [0.29, 0.717) is 23.9 Å². The van der Waals surface area contributed by atoms with Crippen LogP contribution in [0, 0.1) is 10.1 Å². The molecule has 4 nitrogen and oxygen atoms in total. The molecule has 0 aromatic heterocycles. The molecule has 1 aliphatic carbocycles. The summed E-state index contributed by atoms with van der Waals surface area (Å²) in [6, 6.07) is 2.80. The largest absolute Gasteiger partial charge is 0.294 e. The molecule has 1 aromatic carbocycles. The highest BCUT2D eigenvalue weighted by molar-refractivity contribution is 6.34. The molecule has 0 saturated heterocycles. The molecule has 2 rings (SSSR count). The minimum atomic E-state index is -0.526. The molecule has 0 heterocycles. The Morgan fingerprint density at radius 2 is 2.07 bits per heavy atom. The molecule has 1 aromatic rings. The highest BCUT2D eigenvalue weighted by Crippen LogP contribution is 2.27. The van der Waals surface area contributed by atoms with Crippen molar-refractivity contribution in [3.8, 4) is 0 Å². The third kappa shape index (κ3) is 1.54. The van der Waals surface area contributed by atoms with Gasteiger partial charge in [0.15, 0.2) is 5.78 Å². The van der Waals surface area contributed by atoms with Crippen molar-refractivity contribution in [2.45, 2.75) is 19.3 Å².